The number of rotatable bonds is 4. The first-order valence-electron chi connectivity index (χ1n) is 5.67. The van der Waals surface area contributed by atoms with E-state index in [4.69, 9.17) is 16.3 Å². The molecule has 1 N–H and O–H groups in total. The molecule has 0 atom stereocenters. The minimum absolute atomic E-state index is 0.508. The van der Waals surface area contributed by atoms with E-state index >= 15 is 0 Å². The molecule has 100 valence electrons. The van der Waals surface area contributed by atoms with Crippen LogP contribution in [0.1, 0.15) is 5.56 Å². The lowest BCUT2D eigenvalue weighted by atomic mass is 10.2. The molecule has 0 unspecified atom stereocenters. The maximum atomic E-state index is 5.92. The molecule has 0 saturated carbocycles. The van der Waals surface area contributed by atoms with Crippen LogP contribution in [0.25, 0.3) is 0 Å². The molecule has 1 heterocycles. The lowest BCUT2D eigenvalue weighted by Gasteiger charge is -2.10. The summed E-state index contributed by atoms with van der Waals surface area (Å²) in [6.45, 7) is 1.94. The molecule has 0 amide bonds. The van der Waals surface area contributed by atoms with Gasteiger partial charge in [-0.1, -0.05) is 23.4 Å². The van der Waals surface area contributed by atoms with Crippen molar-refractivity contribution >= 4 is 29.2 Å². The van der Waals surface area contributed by atoms with Crippen LogP contribution in [-0.2, 0) is 0 Å². The highest BCUT2D eigenvalue weighted by molar-refractivity contribution is 7.98. The van der Waals surface area contributed by atoms with Crippen LogP contribution < -0.4 is 10.1 Å². The molecule has 4 nitrogen and oxygen atoms in total. The van der Waals surface area contributed by atoms with Crippen LogP contribution in [0.4, 0.5) is 5.82 Å². The maximum Gasteiger partial charge on any atom is 0.225 e. The second kappa shape index (κ2) is 6.12. The number of thioether (sulfide) groups is 1. The summed E-state index contributed by atoms with van der Waals surface area (Å²) >= 11 is 7.39. The van der Waals surface area contributed by atoms with Gasteiger partial charge in [-0.05, 0) is 36.9 Å². The summed E-state index contributed by atoms with van der Waals surface area (Å²) in [6.07, 6.45) is 1.92. The minimum atomic E-state index is 0.508. The Balaban J connectivity index is 2.31. The van der Waals surface area contributed by atoms with Crippen LogP contribution in [0, 0.1) is 6.92 Å². The van der Waals surface area contributed by atoms with E-state index in [2.05, 4.69) is 15.3 Å². The fourth-order valence-corrected chi connectivity index (χ4v) is 2.11. The molecule has 0 bridgehead atoms. The van der Waals surface area contributed by atoms with Crippen molar-refractivity contribution in [2.45, 2.75) is 12.1 Å². The van der Waals surface area contributed by atoms with Crippen molar-refractivity contribution in [2.75, 3.05) is 18.6 Å². The van der Waals surface area contributed by atoms with E-state index in [9.17, 15) is 0 Å². The number of hydrogen-bond donors (Lipinski definition) is 1. The van der Waals surface area contributed by atoms with Gasteiger partial charge in [0.2, 0.25) is 5.88 Å². The molecule has 0 spiro atoms. The van der Waals surface area contributed by atoms with Gasteiger partial charge in [0.05, 0.1) is 0 Å². The van der Waals surface area contributed by atoms with Gasteiger partial charge in [-0.15, -0.1) is 0 Å². The van der Waals surface area contributed by atoms with Gasteiger partial charge in [0, 0.05) is 18.1 Å². The first kappa shape index (κ1) is 14.0. The smallest absolute Gasteiger partial charge is 0.225 e. The molecule has 0 radical (unpaired) electrons. The summed E-state index contributed by atoms with van der Waals surface area (Å²) in [4.78, 5) is 8.60. The van der Waals surface area contributed by atoms with E-state index in [0.29, 0.717) is 16.1 Å². The average Bonchev–Trinajstić information content (AvgIpc) is 2.41. The van der Waals surface area contributed by atoms with Crippen molar-refractivity contribution in [3.8, 4) is 11.6 Å². The van der Waals surface area contributed by atoms with E-state index in [1.165, 1.54) is 11.8 Å². The normalized spacial score (nSPS) is 10.3. The SMILES string of the molecule is CNc1cc(Oc2ccc(Cl)cc2C)nc(SC)n1. The van der Waals surface area contributed by atoms with Crippen molar-refractivity contribution in [1.29, 1.82) is 0 Å². The molecular weight excluding hydrogens is 282 g/mol. The zero-order valence-electron chi connectivity index (χ0n) is 10.9. The summed E-state index contributed by atoms with van der Waals surface area (Å²) < 4.78 is 5.79. The number of aromatic nitrogens is 2. The summed E-state index contributed by atoms with van der Waals surface area (Å²) in [6, 6.07) is 7.23. The first-order valence-corrected chi connectivity index (χ1v) is 7.27. The maximum absolute atomic E-state index is 5.92. The largest absolute Gasteiger partial charge is 0.439 e. The van der Waals surface area contributed by atoms with Gasteiger partial charge in [-0.25, -0.2) is 4.98 Å². The van der Waals surface area contributed by atoms with Crippen molar-refractivity contribution in [2.24, 2.45) is 0 Å². The summed E-state index contributed by atoms with van der Waals surface area (Å²) in [5.74, 6) is 1.97. The van der Waals surface area contributed by atoms with Gasteiger partial charge in [0.25, 0.3) is 0 Å². The Morgan fingerprint density at radius 1 is 1.26 bits per heavy atom. The zero-order valence-corrected chi connectivity index (χ0v) is 12.5. The second-order valence-electron chi connectivity index (χ2n) is 3.84. The number of aryl methyl sites for hydroxylation is 1. The molecular formula is C13H14ClN3OS. The molecule has 0 saturated heterocycles. The van der Waals surface area contributed by atoms with Crippen molar-refractivity contribution in [1.82, 2.24) is 9.97 Å². The highest BCUT2D eigenvalue weighted by atomic mass is 35.5. The van der Waals surface area contributed by atoms with E-state index in [1.54, 1.807) is 12.1 Å². The molecule has 0 aliphatic heterocycles. The molecule has 0 aliphatic carbocycles. The van der Waals surface area contributed by atoms with E-state index in [-0.39, 0.29) is 0 Å². The van der Waals surface area contributed by atoms with Crippen LogP contribution in [-0.4, -0.2) is 23.3 Å². The van der Waals surface area contributed by atoms with Crippen LogP contribution in [0.2, 0.25) is 5.02 Å². The first-order chi connectivity index (χ1) is 9.12. The molecule has 1 aromatic carbocycles. The Labute approximate surface area is 121 Å². The van der Waals surface area contributed by atoms with Crippen LogP contribution in [0.5, 0.6) is 11.6 Å². The third kappa shape index (κ3) is 3.52. The predicted octanol–water partition coefficient (Wildman–Crippen LogP) is 3.99. The van der Waals surface area contributed by atoms with Gasteiger partial charge in [-0.2, -0.15) is 4.98 Å². The number of ether oxygens (including phenoxy) is 1. The molecule has 6 heteroatoms. The lowest BCUT2D eigenvalue weighted by molar-refractivity contribution is 0.453. The predicted molar refractivity (Wildman–Crippen MR) is 79.6 cm³/mol. The van der Waals surface area contributed by atoms with Crippen LogP contribution in [0.15, 0.2) is 29.4 Å². The zero-order chi connectivity index (χ0) is 13.8. The molecule has 19 heavy (non-hydrogen) atoms. The molecule has 0 fully saturated rings. The number of halogens is 1. The minimum Gasteiger partial charge on any atom is -0.439 e. The summed E-state index contributed by atoms with van der Waals surface area (Å²) in [5.41, 5.74) is 0.961. The Hall–Kier alpha value is -1.46. The molecule has 1 aromatic heterocycles. The Morgan fingerprint density at radius 2 is 2.05 bits per heavy atom. The highest BCUT2D eigenvalue weighted by Gasteiger charge is 2.07. The van der Waals surface area contributed by atoms with Gasteiger partial charge in [0.1, 0.15) is 11.6 Å². The van der Waals surface area contributed by atoms with Gasteiger partial charge in [-0.3, -0.25) is 0 Å². The third-order valence-corrected chi connectivity index (χ3v) is 3.26. The Bertz CT molecular complexity index is 570. The van der Waals surface area contributed by atoms with Crippen LogP contribution in [0.3, 0.4) is 0 Å². The quantitative estimate of drug-likeness (QED) is 0.682. The summed E-state index contributed by atoms with van der Waals surface area (Å²) in [7, 11) is 1.81. The highest BCUT2D eigenvalue weighted by Crippen LogP contribution is 2.28. The van der Waals surface area contributed by atoms with Crippen molar-refractivity contribution < 1.29 is 4.74 Å². The Morgan fingerprint density at radius 3 is 2.68 bits per heavy atom. The average molecular weight is 296 g/mol. The third-order valence-electron chi connectivity index (χ3n) is 2.47. The monoisotopic (exact) mass is 295 g/mol. The summed E-state index contributed by atoms with van der Waals surface area (Å²) in [5, 5.41) is 4.33. The number of nitrogens with one attached hydrogen (secondary N) is 1. The van der Waals surface area contributed by atoms with Gasteiger partial charge < -0.3 is 10.1 Å². The number of hydrogen-bond acceptors (Lipinski definition) is 5. The molecule has 2 aromatic rings. The molecule has 2 rings (SSSR count). The Kier molecular flexibility index (Phi) is 4.50. The lowest BCUT2D eigenvalue weighted by Crippen LogP contribution is -1.98. The van der Waals surface area contributed by atoms with E-state index < -0.39 is 0 Å². The second-order valence-corrected chi connectivity index (χ2v) is 5.05. The fourth-order valence-electron chi connectivity index (χ4n) is 1.52. The van der Waals surface area contributed by atoms with Gasteiger partial charge >= 0.3 is 0 Å². The van der Waals surface area contributed by atoms with Crippen molar-refractivity contribution in [3.05, 3.63) is 34.9 Å². The number of anilines is 1. The standard InChI is InChI=1S/C13H14ClN3OS/c1-8-6-9(14)4-5-10(8)18-12-7-11(15-2)16-13(17-12)19-3/h4-7H,1-3H3,(H,15,16,17). The fraction of sp³-hybridized carbons (Fsp3) is 0.231. The van der Waals surface area contributed by atoms with Crippen LogP contribution >= 0.6 is 23.4 Å². The van der Waals surface area contributed by atoms with Crippen molar-refractivity contribution in [3.63, 3.8) is 0 Å². The van der Waals surface area contributed by atoms with Gasteiger partial charge in [0.15, 0.2) is 5.16 Å². The topological polar surface area (TPSA) is 47.0 Å². The van der Waals surface area contributed by atoms with E-state index in [0.717, 1.165) is 17.1 Å². The molecule has 0 aliphatic rings. The number of benzene rings is 1. The number of nitrogens with zero attached hydrogens (tertiary/aromatic N) is 2. The van der Waals surface area contributed by atoms with E-state index in [1.807, 2.05) is 32.4 Å².